The number of fused-ring (bicyclic) bond motifs is 5. The minimum Gasteiger partial charge on any atom is -0.373 e. The number of rotatable bonds is 3. The third-order valence-corrected chi connectivity index (χ3v) is 6.23. The Morgan fingerprint density at radius 1 is 1.08 bits per heavy atom. The molecule has 3 aliphatic rings. The third kappa shape index (κ3) is 2.32. The summed E-state index contributed by atoms with van der Waals surface area (Å²) in [5.74, 6) is -0.998. The monoisotopic (exact) mass is 391 g/mol. The molecule has 2 amide bonds. The zero-order valence-corrected chi connectivity index (χ0v) is 15.2. The molecule has 4 heterocycles. The maximum Gasteiger partial charge on any atom is 0.240 e. The Hall–Kier alpha value is -1.89. The molecule has 0 saturated carbocycles. The van der Waals surface area contributed by atoms with Crippen molar-refractivity contribution in [3.05, 3.63) is 46.2 Å². The van der Waals surface area contributed by atoms with Gasteiger partial charge in [0.25, 0.3) is 0 Å². The first-order valence-corrected chi connectivity index (χ1v) is 9.28. The van der Waals surface area contributed by atoms with E-state index in [-0.39, 0.29) is 35.9 Å². The first kappa shape index (κ1) is 16.3. The Morgan fingerprint density at radius 3 is 2.42 bits per heavy atom. The summed E-state index contributed by atoms with van der Waals surface area (Å²) in [6.45, 7) is 0.467. The summed E-state index contributed by atoms with van der Waals surface area (Å²) in [5, 5.41) is 5.26. The molecule has 1 aromatic heterocycles. The molecule has 8 heteroatoms. The topological polar surface area (TPSA) is 64.4 Å². The number of imide groups is 1. The molecule has 0 spiro atoms. The molecule has 3 fully saturated rings. The highest BCUT2D eigenvalue weighted by molar-refractivity contribution is 6.42. The highest BCUT2D eigenvalue weighted by Crippen LogP contribution is 2.49. The minimum atomic E-state index is -0.334. The van der Waals surface area contributed by atoms with Gasteiger partial charge in [-0.1, -0.05) is 29.3 Å². The predicted octanol–water partition coefficient (Wildman–Crippen LogP) is 2.91. The van der Waals surface area contributed by atoms with Crippen molar-refractivity contribution >= 4 is 40.7 Å². The van der Waals surface area contributed by atoms with Crippen LogP contribution in [0, 0.1) is 11.8 Å². The number of carbonyl (C=O) groups is 2. The number of benzene rings is 1. The summed E-state index contributed by atoms with van der Waals surface area (Å²) in [7, 11) is 0. The molecule has 0 radical (unpaired) electrons. The second-order valence-corrected chi connectivity index (χ2v) is 7.81. The summed E-state index contributed by atoms with van der Waals surface area (Å²) in [6.07, 6.45) is 4.75. The van der Waals surface area contributed by atoms with Gasteiger partial charge in [-0.15, -0.1) is 0 Å². The number of hydrogen-bond acceptors (Lipinski definition) is 4. The standard InChI is InChI=1S/C18H15Cl2N3O3/c19-11-2-1-9(5-12(11)20)7-22-8-10(6-21-22)23-17(24)15-13-3-4-14(26-13)16(15)18(23)25/h1-2,5-6,8,13-16H,3-4,7H2/t13-,14-,15+,16+/m1/s1. The Kier molecular flexibility index (Phi) is 3.64. The number of hydrogen-bond donors (Lipinski definition) is 0. The number of amides is 2. The minimum absolute atomic E-state index is 0.113. The van der Waals surface area contributed by atoms with E-state index in [9.17, 15) is 9.59 Å². The fourth-order valence-electron chi connectivity index (χ4n) is 4.35. The molecule has 2 aromatic rings. The lowest BCUT2D eigenvalue weighted by Crippen LogP contribution is -2.33. The molecule has 0 aliphatic carbocycles. The first-order chi connectivity index (χ1) is 12.5. The molecule has 4 atom stereocenters. The Labute approximate surface area is 159 Å². The van der Waals surface area contributed by atoms with E-state index < -0.39 is 0 Å². The maximum absolute atomic E-state index is 12.8. The lowest BCUT2D eigenvalue weighted by atomic mass is 9.81. The van der Waals surface area contributed by atoms with Crippen molar-refractivity contribution in [2.45, 2.75) is 31.6 Å². The summed E-state index contributed by atoms with van der Waals surface area (Å²) in [5.41, 5.74) is 1.44. The number of nitrogens with zero attached hydrogens (tertiary/aromatic N) is 3. The smallest absolute Gasteiger partial charge is 0.240 e. The predicted molar refractivity (Wildman–Crippen MR) is 95.2 cm³/mol. The van der Waals surface area contributed by atoms with Crippen LogP contribution in [-0.2, 0) is 20.9 Å². The van der Waals surface area contributed by atoms with E-state index in [2.05, 4.69) is 5.10 Å². The molecule has 26 heavy (non-hydrogen) atoms. The quantitative estimate of drug-likeness (QED) is 0.754. The Balaban J connectivity index is 1.39. The molecular formula is C18H15Cl2N3O3. The highest BCUT2D eigenvalue weighted by Gasteiger charge is 2.62. The average Bonchev–Trinajstić information content (AvgIpc) is 3.36. The van der Waals surface area contributed by atoms with Crippen molar-refractivity contribution in [3.63, 3.8) is 0 Å². The van der Waals surface area contributed by atoms with Gasteiger partial charge in [0.05, 0.1) is 52.5 Å². The van der Waals surface area contributed by atoms with Crippen molar-refractivity contribution in [1.29, 1.82) is 0 Å². The highest BCUT2D eigenvalue weighted by atomic mass is 35.5. The molecule has 3 aliphatic heterocycles. The lowest BCUT2D eigenvalue weighted by molar-refractivity contribution is -0.124. The Morgan fingerprint density at radius 2 is 1.77 bits per heavy atom. The molecule has 134 valence electrons. The fraction of sp³-hybridized carbons (Fsp3) is 0.389. The van der Waals surface area contributed by atoms with Crippen LogP contribution >= 0.6 is 23.2 Å². The molecular weight excluding hydrogens is 377 g/mol. The van der Waals surface area contributed by atoms with E-state index >= 15 is 0 Å². The van der Waals surface area contributed by atoms with Gasteiger partial charge in [0.15, 0.2) is 0 Å². The van der Waals surface area contributed by atoms with Crippen LogP contribution in [0.4, 0.5) is 5.69 Å². The normalized spacial score (nSPS) is 29.7. The maximum atomic E-state index is 12.8. The second-order valence-electron chi connectivity index (χ2n) is 7.00. The van der Waals surface area contributed by atoms with Gasteiger partial charge in [-0.05, 0) is 30.5 Å². The molecule has 5 rings (SSSR count). The number of aromatic nitrogens is 2. The Bertz CT molecular complexity index is 900. The summed E-state index contributed by atoms with van der Waals surface area (Å²) in [6, 6.07) is 5.37. The van der Waals surface area contributed by atoms with Crippen molar-refractivity contribution in [2.75, 3.05) is 4.90 Å². The van der Waals surface area contributed by atoms with Crippen LogP contribution in [0.1, 0.15) is 18.4 Å². The van der Waals surface area contributed by atoms with Crippen molar-refractivity contribution in [1.82, 2.24) is 9.78 Å². The first-order valence-electron chi connectivity index (χ1n) is 8.52. The second kappa shape index (κ2) is 5.81. The zero-order valence-electron chi connectivity index (χ0n) is 13.6. The fourth-order valence-corrected chi connectivity index (χ4v) is 4.67. The largest absolute Gasteiger partial charge is 0.373 e. The van der Waals surface area contributed by atoms with Crippen molar-refractivity contribution in [3.8, 4) is 0 Å². The molecule has 0 unspecified atom stereocenters. The molecule has 6 nitrogen and oxygen atoms in total. The summed E-state index contributed by atoms with van der Waals surface area (Å²) >= 11 is 12.0. The van der Waals surface area contributed by atoms with E-state index in [0.29, 0.717) is 22.3 Å². The number of carbonyl (C=O) groups excluding carboxylic acids is 2. The molecule has 0 N–H and O–H groups in total. The SMILES string of the molecule is O=C1[C@@H]2[C@@H](C(=O)N1c1cnn(Cc3ccc(Cl)c(Cl)c3)c1)[C@H]1CC[C@H]2O1. The van der Waals surface area contributed by atoms with Crippen LogP contribution < -0.4 is 4.90 Å². The van der Waals surface area contributed by atoms with Crippen molar-refractivity contribution < 1.29 is 14.3 Å². The molecule has 1 aromatic carbocycles. The van der Waals surface area contributed by atoms with E-state index in [0.717, 1.165) is 18.4 Å². The lowest BCUT2D eigenvalue weighted by Gasteiger charge is -2.15. The van der Waals surface area contributed by atoms with E-state index in [1.165, 1.54) is 4.90 Å². The van der Waals surface area contributed by atoms with Crippen LogP contribution in [0.3, 0.4) is 0 Å². The van der Waals surface area contributed by atoms with Crippen LogP contribution in [0.25, 0.3) is 0 Å². The summed E-state index contributed by atoms with van der Waals surface area (Å²) < 4.78 is 7.43. The molecule has 3 saturated heterocycles. The number of anilines is 1. The van der Waals surface area contributed by atoms with Gasteiger partial charge in [0.1, 0.15) is 0 Å². The summed E-state index contributed by atoms with van der Waals surface area (Å²) in [4.78, 5) is 26.9. The zero-order chi connectivity index (χ0) is 18.0. The van der Waals surface area contributed by atoms with Crippen LogP contribution in [0.2, 0.25) is 10.0 Å². The van der Waals surface area contributed by atoms with Gasteiger partial charge < -0.3 is 4.74 Å². The van der Waals surface area contributed by atoms with Crippen LogP contribution in [0.15, 0.2) is 30.6 Å². The van der Waals surface area contributed by atoms with Gasteiger partial charge in [-0.3, -0.25) is 14.3 Å². The van der Waals surface area contributed by atoms with E-state index in [1.54, 1.807) is 29.2 Å². The van der Waals surface area contributed by atoms with Crippen LogP contribution in [0.5, 0.6) is 0 Å². The van der Waals surface area contributed by atoms with Gasteiger partial charge in [-0.2, -0.15) is 5.10 Å². The van der Waals surface area contributed by atoms with Gasteiger partial charge in [0.2, 0.25) is 11.8 Å². The van der Waals surface area contributed by atoms with E-state index in [1.807, 2.05) is 6.07 Å². The molecule has 2 bridgehead atoms. The third-order valence-electron chi connectivity index (χ3n) is 5.49. The van der Waals surface area contributed by atoms with Crippen LogP contribution in [-0.4, -0.2) is 33.8 Å². The van der Waals surface area contributed by atoms with E-state index in [4.69, 9.17) is 27.9 Å². The van der Waals surface area contributed by atoms with Gasteiger partial charge >= 0.3 is 0 Å². The number of ether oxygens (including phenoxy) is 1. The average molecular weight is 392 g/mol. The number of halogens is 2. The van der Waals surface area contributed by atoms with Gasteiger partial charge in [0, 0.05) is 6.20 Å². The van der Waals surface area contributed by atoms with Gasteiger partial charge in [-0.25, -0.2) is 4.90 Å². The van der Waals surface area contributed by atoms with Crippen molar-refractivity contribution in [2.24, 2.45) is 11.8 Å².